The lowest BCUT2D eigenvalue weighted by Gasteiger charge is -2.26. The molecule has 1 aliphatic rings. The first-order valence-corrected chi connectivity index (χ1v) is 6.76. The van der Waals surface area contributed by atoms with Gasteiger partial charge in [-0.1, -0.05) is 25.7 Å². The zero-order valence-corrected chi connectivity index (χ0v) is 10.6. The number of rotatable bonds is 6. The van der Waals surface area contributed by atoms with Crippen LogP contribution < -0.4 is 5.32 Å². The Bertz CT molecular complexity index is 223. The number of unbranched alkanes of at least 4 members (excludes halogenated alkanes) is 1. The molecular formula is C13H25NO3. The van der Waals surface area contributed by atoms with E-state index >= 15 is 0 Å². The molecule has 4 nitrogen and oxygen atoms in total. The number of hydrogen-bond donors (Lipinski definition) is 3. The summed E-state index contributed by atoms with van der Waals surface area (Å²) in [4.78, 5) is 11.5. The SMILES string of the molecule is O=C(CCCCO)NCC1(O)CCCCCC1. The van der Waals surface area contributed by atoms with Crippen LogP contribution >= 0.6 is 0 Å². The van der Waals surface area contributed by atoms with Crippen molar-refractivity contribution in [3.63, 3.8) is 0 Å². The second-order valence-corrected chi connectivity index (χ2v) is 5.10. The molecule has 0 spiro atoms. The summed E-state index contributed by atoms with van der Waals surface area (Å²) < 4.78 is 0. The van der Waals surface area contributed by atoms with Crippen LogP contribution in [-0.2, 0) is 4.79 Å². The van der Waals surface area contributed by atoms with Crippen LogP contribution in [-0.4, -0.2) is 34.9 Å². The van der Waals surface area contributed by atoms with Gasteiger partial charge in [0.25, 0.3) is 0 Å². The van der Waals surface area contributed by atoms with Gasteiger partial charge >= 0.3 is 0 Å². The van der Waals surface area contributed by atoms with Gasteiger partial charge in [-0.05, 0) is 25.7 Å². The minimum Gasteiger partial charge on any atom is -0.396 e. The third kappa shape index (κ3) is 6.03. The van der Waals surface area contributed by atoms with E-state index < -0.39 is 5.60 Å². The smallest absolute Gasteiger partial charge is 0.220 e. The molecule has 4 heteroatoms. The van der Waals surface area contributed by atoms with Gasteiger partial charge in [-0.25, -0.2) is 0 Å². The molecule has 0 aromatic carbocycles. The van der Waals surface area contributed by atoms with Gasteiger partial charge in [-0.3, -0.25) is 4.79 Å². The number of carbonyl (C=O) groups excluding carboxylic acids is 1. The summed E-state index contributed by atoms with van der Waals surface area (Å²) >= 11 is 0. The molecule has 17 heavy (non-hydrogen) atoms. The molecule has 1 aliphatic carbocycles. The Morgan fingerprint density at radius 2 is 1.76 bits per heavy atom. The van der Waals surface area contributed by atoms with E-state index in [0.29, 0.717) is 25.8 Å². The molecule has 0 heterocycles. The number of aliphatic hydroxyl groups is 2. The number of nitrogens with one attached hydrogen (secondary N) is 1. The van der Waals surface area contributed by atoms with Crippen molar-refractivity contribution >= 4 is 5.91 Å². The van der Waals surface area contributed by atoms with Crippen LogP contribution in [0.5, 0.6) is 0 Å². The molecule has 0 aromatic rings. The highest BCUT2D eigenvalue weighted by Gasteiger charge is 2.28. The number of carbonyl (C=O) groups is 1. The third-order valence-corrected chi connectivity index (χ3v) is 3.46. The molecule has 0 atom stereocenters. The quantitative estimate of drug-likeness (QED) is 0.487. The van der Waals surface area contributed by atoms with Crippen LogP contribution in [0.1, 0.15) is 57.8 Å². The van der Waals surface area contributed by atoms with Gasteiger partial charge in [0.15, 0.2) is 0 Å². The van der Waals surface area contributed by atoms with E-state index in [1.54, 1.807) is 0 Å². The Balaban J connectivity index is 2.20. The van der Waals surface area contributed by atoms with Crippen molar-refractivity contribution in [2.24, 2.45) is 0 Å². The Morgan fingerprint density at radius 1 is 1.12 bits per heavy atom. The average Bonchev–Trinajstić information content (AvgIpc) is 2.53. The van der Waals surface area contributed by atoms with Gasteiger partial charge in [-0.15, -0.1) is 0 Å². The Morgan fingerprint density at radius 3 is 2.35 bits per heavy atom. The zero-order valence-electron chi connectivity index (χ0n) is 10.6. The Hall–Kier alpha value is -0.610. The van der Waals surface area contributed by atoms with Crippen molar-refractivity contribution < 1.29 is 15.0 Å². The lowest BCUT2D eigenvalue weighted by molar-refractivity contribution is -0.122. The molecule has 0 saturated heterocycles. The topological polar surface area (TPSA) is 69.6 Å². The highest BCUT2D eigenvalue weighted by molar-refractivity contribution is 5.75. The first-order valence-electron chi connectivity index (χ1n) is 6.76. The van der Waals surface area contributed by atoms with E-state index in [0.717, 1.165) is 25.7 Å². The van der Waals surface area contributed by atoms with Crippen molar-refractivity contribution in [2.75, 3.05) is 13.2 Å². The summed E-state index contributed by atoms with van der Waals surface area (Å²) in [6, 6.07) is 0. The highest BCUT2D eigenvalue weighted by atomic mass is 16.3. The van der Waals surface area contributed by atoms with Crippen LogP contribution in [0.2, 0.25) is 0 Å². The van der Waals surface area contributed by atoms with E-state index in [4.69, 9.17) is 5.11 Å². The van der Waals surface area contributed by atoms with Gasteiger partial charge in [0.05, 0.1) is 5.60 Å². The lowest BCUT2D eigenvalue weighted by Crippen LogP contribution is -2.42. The fraction of sp³-hybridized carbons (Fsp3) is 0.923. The maximum atomic E-state index is 11.5. The molecule has 0 bridgehead atoms. The third-order valence-electron chi connectivity index (χ3n) is 3.46. The van der Waals surface area contributed by atoms with Crippen molar-refractivity contribution in [3.05, 3.63) is 0 Å². The standard InChI is InChI=1S/C13H25NO3/c15-10-6-3-7-12(16)14-11-13(17)8-4-1-2-5-9-13/h15,17H,1-11H2,(H,14,16). The van der Waals surface area contributed by atoms with Gasteiger partial charge in [-0.2, -0.15) is 0 Å². The zero-order chi connectivity index (χ0) is 12.6. The Kier molecular flexibility index (Phi) is 6.52. The molecule has 1 saturated carbocycles. The fourth-order valence-corrected chi connectivity index (χ4v) is 2.31. The molecule has 0 aromatic heterocycles. The molecular weight excluding hydrogens is 218 g/mol. The van der Waals surface area contributed by atoms with Crippen molar-refractivity contribution in [1.29, 1.82) is 0 Å². The van der Waals surface area contributed by atoms with E-state index in [2.05, 4.69) is 5.32 Å². The van der Waals surface area contributed by atoms with Crippen LogP contribution in [0.3, 0.4) is 0 Å². The summed E-state index contributed by atoms with van der Waals surface area (Å²) in [6.45, 7) is 0.516. The van der Waals surface area contributed by atoms with E-state index in [1.807, 2.05) is 0 Å². The molecule has 1 fully saturated rings. The van der Waals surface area contributed by atoms with Gasteiger partial charge in [0, 0.05) is 19.6 Å². The maximum absolute atomic E-state index is 11.5. The van der Waals surface area contributed by atoms with Crippen molar-refractivity contribution in [2.45, 2.75) is 63.4 Å². The first-order chi connectivity index (χ1) is 8.16. The van der Waals surface area contributed by atoms with Crippen LogP contribution in [0.25, 0.3) is 0 Å². The Labute approximate surface area is 103 Å². The van der Waals surface area contributed by atoms with Crippen LogP contribution in [0.4, 0.5) is 0 Å². The lowest BCUT2D eigenvalue weighted by atomic mass is 9.94. The molecule has 3 N–H and O–H groups in total. The number of aliphatic hydroxyl groups excluding tert-OH is 1. The minimum absolute atomic E-state index is 0.0175. The molecule has 0 radical (unpaired) electrons. The van der Waals surface area contributed by atoms with Crippen LogP contribution in [0.15, 0.2) is 0 Å². The second-order valence-electron chi connectivity index (χ2n) is 5.10. The first kappa shape index (κ1) is 14.5. The summed E-state index contributed by atoms with van der Waals surface area (Å²) in [7, 11) is 0. The number of hydrogen-bond acceptors (Lipinski definition) is 3. The molecule has 0 unspecified atom stereocenters. The largest absolute Gasteiger partial charge is 0.396 e. The van der Waals surface area contributed by atoms with Crippen molar-refractivity contribution in [1.82, 2.24) is 5.32 Å². The average molecular weight is 243 g/mol. The van der Waals surface area contributed by atoms with Crippen LogP contribution in [0, 0.1) is 0 Å². The second kappa shape index (κ2) is 7.67. The highest BCUT2D eigenvalue weighted by Crippen LogP contribution is 2.26. The summed E-state index contributed by atoms with van der Waals surface area (Å²) in [5.41, 5.74) is -0.691. The van der Waals surface area contributed by atoms with Gasteiger partial charge in [0.1, 0.15) is 0 Å². The summed E-state index contributed by atoms with van der Waals surface area (Å²) in [5, 5.41) is 21.7. The van der Waals surface area contributed by atoms with E-state index in [1.165, 1.54) is 12.8 Å². The predicted octanol–water partition coefficient (Wildman–Crippen LogP) is 1.35. The molecule has 0 aliphatic heterocycles. The fourth-order valence-electron chi connectivity index (χ4n) is 2.31. The van der Waals surface area contributed by atoms with Gasteiger partial charge < -0.3 is 15.5 Å². The van der Waals surface area contributed by atoms with Crippen molar-refractivity contribution in [3.8, 4) is 0 Å². The summed E-state index contributed by atoms with van der Waals surface area (Å²) in [5.74, 6) is -0.0175. The molecule has 100 valence electrons. The normalized spacial score (nSPS) is 19.6. The summed E-state index contributed by atoms with van der Waals surface area (Å²) in [6.07, 6.45) is 7.89. The van der Waals surface area contributed by atoms with E-state index in [-0.39, 0.29) is 12.5 Å². The van der Waals surface area contributed by atoms with Gasteiger partial charge in [0.2, 0.25) is 5.91 Å². The molecule has 1 rings (SSSR count). The predicted molar refractivity (Wildman–Crippen MR) is 66.6 cm³/mol. The monoisotopic (exact) mass is 243 g/mol. The minimum atomic E-state index is -0.691. The number of amides is 1. The molecule has 1 amide bonds. The maximum Gasteiger partial charge on any atom is 0.220 e. The van der Waals surface area contributed by atoms with E-state index in [9.17, 15) is 9.90 Å².